The molecule has 0 aromatic rings. The van der Waals surface area contributed by atoms with Crippen molar-refractivity contribution in [3.8, 4) is 0 Å². The zero-order chi connectivity index (χ0) is 9.07. The third kappa shape index (κ3) is 4.20. The van der Waals surface area contributed by atoms with Gasteiger partial charge in [-0.2, -0.15) is 0 Å². The van der Waals surface area contributed by atoms with E-state index in [1.807, 2.05) is 6.08 Å². The Morgan fingerprint density at radius 1 is 1.45 bits per heavy atom. The van der Waals surface area contributed by atoms with Gasteiger partial charge in [0, 0.05) is 6.04 Å². The first-order chi connectivity index (χ1) is 4.88. The average Bonchev–Trinajstić information content (AvgIpc) is 1.85. The molecular weight excluding hydrogens is 134 g/mol. The predicted molar refractivity (Wildman–Crippen MR) is 51.4 cm³/mol. The standard InChI is InChI=1S/C10H21N/c1-6-9(11)7-8(2)10(3,4)5/h6,8-9H,1,7,11H2,2-5H3. The minimum atomic E-state index is 0.157. The molecule has 1 heteroatoms. The van der Waals surface area contributed by atoms with E-state index in [1.54, 1.807) is 0 Å². The minimum absolute atomic E-state index is 0.157. The molecule has 0 radical (unpaired) electrons. The lowest BCUT2D eigenvalue weighted by Crippen LogP contribution is -2.26. The molecule has 0 aromatic carbocycles. The molecule has 2 atom stereocenters. The van der Waals surface area contributed by atoms with Crippen molar-refractivity contribution >= 4 is 0 Å². The van der Waals surface area contributed by atoms with Gasteiger partial charge >= 0.3 is 0 Å². The summed E-state index contributed by atoms with van der Waals surface area (Å²) < 4.78 is 0. The molecule has 0 amide bonds. The topological polar surface area (TPSA) is 26.0 Å². The Kier molecular flexibility index (Phi) is 3.81. The number of hydrogen-bond donors (Lipinski definition) is 1. The summed E-state index contributed by atoms with van der Waals surface area (Å²) in [5.74, 6) is 0.649. The molecule has 0 heterocycles. The monoisotopic (exact) mass is 155 g/mol. The van der Waals surface area contributed by atoms with Crippen LogP contribution in [-0.2, 0) is 0 Å². The molecule has 0 aliphatic rings. The molecule has 0 fully saturated rings. The van der Waals surface area contributed by atoms with E-state index in [4.69, 9.17) is 5.73 Å². The van der Waals surface area contributed by atoms with Crippen molar-refractivity contribution in [2.24, 2.45) is 17.1 Å². The fourth-order valence-corrected chi connectivity index (χ4v) is 0.858. The summed E-state index contributed by atoms with van der Waals surface area (Å²) in [6.07, 6.45) is 2.86. The Morgan fingerprint density at radius 2 is 1.91 bits per heavy atom. The summed E-state index contributed by atoms with van der Waals surface area (Å²) in [4.78, 5) is 0. The molecule has 0 saturated carbocycles. The van der Waals surface area contributed by atoms with Crippen LogP contribution in [0.2, 0.25) is 0 Å². The molecule has 0 aliphatic heterocycles. The average molecular weight is 155 g/mol. The number of rotatable bonds is 3. The van der Waals surface area contributed by atoms with Crippen molar-refractivity contribution in [1.29, 1.82) is 0 Å². The molecule has 0 rings (SSSR count). The zero-order valence-corrected chi connectivity index (χ0v) is 8.22. The van der Waals surface area contributed by atoms with Crippen LogP contribution in [0.4, 0.5) is 0 Å². The lowest BCUT2D eigenvalue weighted by Gasteiger charge is -2.28. The summed E-state index contributed by atoms with van der Waals surface area (Å²) in [6, 6.07) is 0.157. The first kappa shape index (κ1) is 10.7. The number of nitrogens with two attached hydrogens (primary N) is 1. The smallest absolute Gasteiger partial charge is 0.0223 e. The van der Waals surface area contributed by atoms with Gasteiger partial charge in [0.25, 0.3) is 0 Å². The molecule has 0 aliphatic carbocycles. The van der Waals surface area contributed by atoms with Gasteiger partial charge < -0.3 is 5.73 Å². The van der Waals surface area contributed by atoms with E-state index in [0.717, 1.165) is 6.42 Å². The largest absolute Gasteiger partial charge is 0.324 e. The third-order valence-corrected chi connectivity index (χ3v) is 2.41. The molecule has 1 nitrogen and oxygen atoms in total. The van der Waals surface area contributed by atoms with Crippen LogP contribution in [0.5, 0.6) is 0 Å². The molecular formula is C10H21N. The molecule has 0 aromatic heterocycles. The first-order valence-electron chi connectivity index (χ1n) is 4.26. The molecule has 11 heavy (non-hydrogen) atoms. The maximum absolute atomic E-state index is 5.75. The molecule has 2 N–H and O–H groups in total. The Balaban J connectivity index is 3.87. The Hall–Kier alpha value is -0.300. The Morgan fingerprint density at radius 3 is 2.18 bits per heavy atom. The molecule has 0 spiro atoms. The van der Waals surface area contributed by atoms with Gasteiger partial charge in [0.1, 0.15) is 0 Å². The lowest BCUT2D eigenvalue weighted by molar-refractivity contribution is 0.241. The van der Waals surface area contributed by atoms with Crippen LogP contribution < -0.4 is 5.73 Å². The second-order valence-electron chi connectivity index (χ2n) is 4.40. The van der Waals surface area contributed by atoms with E-state index in [9.17, 15) is 0 Å². The SMILES string of the molecule is C=CC(N)CC(C)C(C)(C)C. The van der Waals surface area contributed by atoms with E-state index in [-0.39, 0.29) is 6.04 Å². The normalized spacial score (nSPS) is 17.5. The Labute approximate surface area is 70.7 Å². The summed E-state index contributed by atoms with van der Waals surface area (Å²) in [5, 5.41) is 0. The first-order valence-corrected chi connectivity index (χ1v) is 4.26. The fourth-order valence-electron chi connectivity index (χ4n) is 0.858. The van der Waals surface area contributed by atoms with Crippen LogP contribution in [0.25, 0.3) is 0 Å². The molecule has 66 valence electrons. The highest BCUT2D eigenvalue weighted by molar-refractivity contribution is 4.85. The third-order valence-electron chi connectivity index (χ3n) is 2.41. The quantitative estimate of drug-likeness (QED) is 0.623. The van der Waals surface area contributed by atoms with Gasteiger partial charge in [-0.3, -0.25) is 0 Å². The van der Waals surface area contributed by atoms with Crippen molar-refractivity contribution in [2.45, 2.75) is 40.2 Å². The molecule has 2 unspecified atom stereocenters. The highest BCUT2D eigenvalue weighted by Gasteiger charge is 2.20. The predicted octanol–water partition coefficient (Wildman–Crippen LogP) is 2.57. The van der Waals surface area contributed by atoms with Crippen LogP contribution >= 0.6 is 0 Å². The van der Waals surface area contributed by atoms with Gasteiger partial charge in [-0.15, -0.1) is 6.58 Å². The van der Waals surface area contributed by atoms with Crippen LogP contribution in [-0.4, -0.2) is 6.04 Å². The van der Waals surface area contributed by atoms with Crippen LogP contribution in [0.1, 0.15) is 34.1 Å². The van der Waals surface area contributed by atoms with Gasteiger partial charge in [0.15, 0.2) is 0 Å². The summed E-state index contributed by atoms with van der Waals surface area (Å²) in [5.41, 5.74) is 6.11. The second kappa shape index (κ2) is 3.91. The summed E-state index contributed by atoms with van der Waals surface area (Å²) in [7, 11) is 0. The fraction of sp³-hybridized carbons (Fsp3) is 0.800. The second-order valence-corrected chi connectivity index (χ2v) is 4.40. The summed E-state index contributed by atoms with van der Waals surface area (Å²) in [6.45, 7) is 12.6. The minimum Gasteiger partial charge on any atom is -0.324 e. The van der Waals surface area contributed by atoms with Crippen LogP contribution in [0.15, 0.2) is 12.7 Å². The van der Waals surface area contributed by atoms with Gasteiger partial charge in [-0.05, 0) is 17.8 Å². The highest BCUT2D eigenvalue weighted by Crippen LogP contribution is 2.28. The van der Waals surface area contributed by atoms with Gasteiger partial charge in [-0.25, -0.2) is 0 Å². The maximum Gasteiger partial charge on any atom is 0.0223 e. The van der Waals surface area contributed by atoms with Crippen LogP contribution in [0.3, 0.4) is 0 Å². The lowest BCUT2D eigenvalue weighted by atomic mass is 9.79. The van der Waals surface area contributed by atoms with Crippen LogP contribution in [0, 0.1) is 11.3 Å². The molecule has 0 bridgehead atoms. The number of hydrogen-bond acceptors (Lipinski definition) is 1. The van der Waals surface area contributed by atoms with Crippen molar-refractivity contribution in [1.82, 2.24) is 0 Å². The van der Waals surface area contributed by atoms with Gasteiger partial charge in [0.2, 0.25) is 0 Å². The van der Waals surface area contributed by atoms with Crippen molar-refractivity contribution in [2.75, 3.05) is 0 Å². The molecule has 0 saturated heterocycles. The van der Waals surface area contributed by atoms with Gasteiger partial charge in [-0.1, -0.05) is 33.8 Å². The van der Waals surface area contributed by atoms with Crippen molar-refractivity contribution < 1.29 is 0 Å². The Bertz CT molecular complexity index is 121. The zero-order valence-electron chi connectivity index (χ0n) is 8.22. The van der Waals surface area contributed by atoms with Gasteiger partial charge in [0.05, 0.1) is 0 Å². The highest BCUT2D eigenvalue weighted by atomic mass is 14.6. The van der Waals surface area contributed by atoms with Crippen molar-refractivity contribution in [3.05, 3.63) is 12.7 Å². The van der Waals surface area contributed by atoms with E-state index < -0.39 is 0 Å². The van der Waals surface area contributed by atoms with E-state index in [1.165, 1.54) is 0 Å². The van der Waals surface area contributed by atoms with E-state index in [0.29, 0.717) is 11.3 Å². The summed E-state index contributed by atoms with van der Waals surface area (Å²) >= 11 is 0. The maximum atomic E-state index is 5.75. The van der Waals surface area contributed by atoms with E-state index >= 15 is 0 Å². The van der Waals surface area contributed by atoms with Crippen molar-refractivity contribution in [3.63, 3.8) is 0 Å². The van der Waals surface area contributed by atoms with E-state index in [2.05, 4.69) is 34.3 Å².